The van der Waals surface area contributed by atoms with E-state index in [4.69, 9.17) is 28.4 Å². The first-order valence-corrected chi connectivity index (χ1v) is 21.2. The molecule has 11 heteroatoms. The molecule has 63 heavy (non-hydrogen) atoms. The molecule has 2 unspecified atom stereocenters. The minimum atomic E-state index is -1.07. The van der Waals surface area contributed by atoms with E-state index in [0.717, 1.165) is 27.8 Å². The molecule has 6 aromatic rings. The predicted molar refractivity (Wildman–Crippen MR) is 240 cm³/mol. The van der Waals surface area contributed by atoms with Gasteiger partial charge in [-0.1, -0.05) is 103 Å². The lowest BCUT2D eigenvalue weighted by atomic mass is 9.80. The van der Waals surface area contributed by atoms with Gasteiger partial charge in [-0.3, -0.25) is 4.79 Å². The first-order chi connectivity index (χ1) is 30.9. The van der Waals surface area contributed by atoms with E-state index < -0.39 is 23.8 Å². The van der Waals surface area contributed by atoms with Crippen molar-refractivity contribution in [2.24, 2.45) is 0 Å². The van der Waals surface area contributed by atoms with Gasteiger partial charge >= 0.3 is 6.09 Å². The van der Waals surface area contributed by atoms with Crippen molar-refractivity contribution in [3.63, 3.8) is 0 Å². The van der Waals surface area contributed by atoms with Gasteiger partial charge in [-0.25, -0.2) is 4.79 Å². The molecule has 324 valence electrons. The van der Waals surface area contributed by atoms with Gasteiger partial charge < -0.3 is 43.7 Å². The van der Waals surface area contributed by atoms with Crippen molar-refractivity contribution in [3.8, 4) is 28.4 Å². The monoisotopic (exact) mass is 848 g/mol. The third-order valence-corrected chi connectivity index (χ3v) is 11.8. The molecule has 0 saturated carbocycles. The summed E-state index contributed by atoms with van der Waals surface area (Å²) in [6, 6.07) is 48.6. The topological polar surface area (TPSA) is 125 Å². The maximum atomic E-state index is 14.0. The first-order valence-electron chi connectivity index (χ1n) is 21.2. The second kappa shape index (κ2) is 20.0. The van der Waals surface area contributed by atoms with Gasteiger partial charge in [0.2, 0.25) is 0 Å². The SMILES string of the molecule is COc1ccc(C(OCC2CC(O)CN2C(=O)c2ccc(OCCOCCNC(=O)OCC3c4ccccc4-c4ccccc43)cc2)(c2ccccc2)c2ccc(OC)cc2)cc1. The summed E-state index contributed by atoms with van der Waals surface area (Å²) >= 11 is 0. The number of hydrogen-bond donors (Lipinski definition) is 2. The molecular weight excluding hydrogens is 797 g/mol. The Balaban J connectivity index is 0.831. The fourth-order valence-electron chi connectivity index (χ4n) is 8.65. The maximum Gasteiger partial charge on any atom is 0.407 e. The molecule has 11 nitrogen and oxygen atoms in total. The number of fused-ring (bicyclic) bond motifs is 3. The van der Waals surface area contributed by atoms with E-state index in [0.29, 0.717) is 49.0 Å². The molecule has 1 fully saturated rings. The molecule has 2 amide bonds. The summed E-state index contributed by atoms with van der Waals surface area (Å²) < 4.78 is 35.2. The van der Waals surface area contributed by atoms with Gasteiger partial charge in [0.1, 0.15) is 36.1 Å². The lowest BCUT2D eigenvalue weighted by Crippen LogP contribution is -2.42. The lowest BCUT2D eigenvalue weighted by Gasteiger charge is -2.38. The molecule has 1 aliphatic heterocycles. The van der Waals surface area contributed by atoms with E-state index in [1.807, 2.05) is 103 Å². The number of ether oxygens (including phenoxy) is 6. The van der Waals surface area contributed by atoms with Gasteiger partial charge in [-0.05, 0) is 93.9 Å². The Hall–Kier alpha value is -6.66. The number of methoxy groups -OCH3 is 2. The number of alkyl carbamates (subject to hydrolysis) is 1. The number of nitrogens with one attached hydrogen (secondary N) is 1. The Morgan fingerprint density at radius 3 is 1.81 bits per heavy atom. The van der Waals surface area contributed by atoms with Crippen molar-refractivity contribution >= 4 is 12.0 Å². The smallest absolute Gasteiger partial charge is 0.407 e. The molecule has 8 rings (SSSR count). The van der Waals surface area contributed by atoms with Crippen molar-refractivity contribution in [2.75, 3.05) is 60.3 Å². The van der Waals surface area contributed by atoms with E-state index in [1.54, 1.807) is 43.4 Å². The highest BCUT2D eigenvalue weighted by atomic mass is 16.6. The Kier molecular flexibility index (Phi) is 13.7. The highest BCUT2D eigenvalue weighted by Gasteiger charge is 2.42. The highest BCUT2D eigenvalue weighted by molar-refractivity contribution is 5.94. The van der Waals surface area contributed by atoms with Gasteiger partial charge in [0.15, 0.2) is 0 Å². The molecule has 1 heterocycles. The molecule has 2 aliphatic rings. The van der Waals surface area contributed by atoms with Gasteiger partial charge in [0, 0.05) is 24.6 Å². The normalized spacial score (nSPS) is 15.6. The molecule has 2 atom stereocenters. The van der Waals surface area contributed by atoms with Crippen LogP contribution >= 0.6 is 0 Å². The average Bonchev–Trinajstić information content (AvgIpc) is 3.88. The van der Waals surface area contributed by atoms with Crippen LogP contribution in [0.2, 0.25) is 0 Å². The molecule has 0 spiro atoms. The number of rotatable bonds is 18. The number of amides is 2. The van der Waals surface area contributed by atoms with Crippen molar-refractivity contribution in [1.29, 1.82) is 0 Å². The minimum Gasteiger partial charge on any atom is -0.497 e. The number of benzene rings is 6. The summed E-state index contributed by atoms with van der Waals surface area (Å²) in [5.74, 6) is 1.80. The van der Waals surface area contributed by atoms with Crippen LogP contribution in [0.1, 0.15) is 50.5 Å². The van der Waals surface area contributed by atoms with E-state index in [1.165, 1.54) is 11.1 Å². The zero-order chi connectivity index (χ0) is 43.6. The highest BCUT2D eigenvalue weighted by Crippen LogP contribution is 2.45. The zero-order valence-corrected chi connectivity index (χ0v) is 35.5. The fourth-order valence-corrected chi connectivity index (χ4v) is 8.65. The Morgan fingerprint density at radius 1 is 0.651 bits per heavy atom. The minimum absolute atomic E-state index is 0.00263. The van der Waals surface area contributed by atoms with Crippen LogP contribution in [-0.2, 0) is 19.8 Å². The van der Waals surface area contributed by atoms with Crippen LogP contribution in [0.3, 0.4) is 0 Å². The van der Waals surface area contributed by atoms with Crippen molar-refractivity contribution in [3.05, 3.63) is 185 Å². The summed E-state index contributed by atoms with van der Waals surface area (Å²) in [6.07, 6.45) is -0.826. The third-order valence-electron chi connectivity index (χ3n) is 11.8. The second-order valence-corrected chi connectivity index (χ2v) is 15.6. The van der Waals surface area contributed by atoms with Crippen LogP contribution in [0.15, 0.2) is 152 Å². The maximum absolute atomic E-state index is 14.0. The fraction of sp³-hybridized carbons (Fsp3) is 0.269. The van der Waals surface area contributed by atoms with Crippen LogP contribution < -0.4 is 19.5 Å². The number of hydrogen-bond acceptors (Lipinski definition) is 9. The molecule has 1 aliphatic carbocycles. The van der Waals surface area contributed by atoms with Crippen LogP contribution in [-0.4, -0.2) is 94.5 Å². The third kappa shape index (κ3) is 9.56. The summed E-state index contributed by atoms with van der Waals surface area (Å²) in [6.45, 7) is 1.75. The largest absolute Gasteiger partial charge is 0.497 e. The molecular formula is C52H52N2O9. The van der Waals surface area contributed by atoms with Gasteiger partial charge in [-0.2, -0.15) is 0 Å². The summed E-state index contributed by atoms with van der Waals surface area (Å²) in [4.78, 5) is 28.2. The Bertz CT molecular complexity index is 2350. The van der Waals surface area contributed by atoms with Crippen LogP contribution in [0.5, 0.6) is 17.2 Å². The van der Waals surface area contributed by atoms with Crippen LogP contribution in [0, 0.1) is 0 Å². The summed E-state index contributed by atoms with van der Waals surface area (Å²) in [7, 11) is 3.26. The van der Waals surface area contributed by atoms with Crippen LogP contribution in [0.25, 0.3) is 11.1 Å². The molecule has 0 bridgehead atoms. The van der Waals surface area contributed by atoms with E-state index in [9.17, 15) is 14.7 Å². The zero-order valence-electron chi connectivity index (χ0n) is 35.5. The quantitative estimate of drug-likeness (QED) is 0.0651. The molecule has 6 aromatic carbocycles. The lowest BCUT2D eigenvalue weighted by molar-refractivity contribution is -0.0136. The van der Waals surface area contributed by atoms with E-state index >= 15 is 0 Å². The number of aliphatic hydroxyl groups excluding tert-OH is 1. The number of likely N-dealkylation sites (tertiary alicyclic amines) is 1. The number of nitrogens with zero attached hydrogens (tertiary/aromatic N) is 1. The van der Waals surface area contributed by atoms with Gasteiger partial charge in [0.05, 0.1) is 46.2 Å². The van der Waals surface area contributed by atoms with Gasteiger partial charge in [0.25, 0.3) is 5.91 Å². The van der Waals surface area contributed by atoms with Crippen molar-refractivity contribution in [1.82, 2.24) is 10.2 Å². The van der Waals surface area contributed by atoms with E-state index in [2.05, 4.69) is 29.6 Å². The number of carbonyl (C=O) groups excluding carboxylic acids is 2. The van der Waals surface area contributed by atoms with E-state index in [-0.39, 0.29) is 38.2 Å². The average molecular weight is 849 g/mol. The molecule has 0 aromatic heterocycles. The Morgan fingerprint density at radius 2 is 1.21 bits per heavy atom. The summed E-state index contributed by atoms with van der Waals surface area (Å²) in [5, 5.41) is 13.7. The second-order valence-electron chi connectivity index (χ2n) is 15.6. The van der Waals surface area contributed by atoms with Gasteiger partial charge in [-0.15, -0.1) is 0 Å². The molecule has 2 N–H and O–H groups in total. The Labute approximate surface area is 368 Å². The summed E-state index contributed by atoms with van der Waals surface area (Å²) in [5.41, 5.74) is 6.75. The molecule has 0 radical (unpaired) electrons. The molecule has 1 saturated heterocycles. The number of aliphatic hydroxyl groups is 1. The van der Waals surface area contributed by atoms with Crippen molar-refractivity contribution in [2.45, 2.75) is 30.1 Å². The van der Waals surface area contributed by atoms with Crippen molar-refractivity contribution < 1.29 is 43.1 Å². The predicted octanol–water partition coefficient (Wildman–Crippen LogP) is 8.22. The first kappa shape index (κ1) is 43.0. The van der Waals surface area contributed by atoms with Crippen LogP contribution in [0.4, 0.5) is 4.79 Å². The number of β-amino-alcohol motifs (C(OH)–C–C–N with tert-alkyl or cyclic N) is 1. The number of carbonyl (C=O) groups is 2. The standard InChI is InChI=1S/C52H52N2O9/c1-58-42-24-18-38(19-25-42)52(37-10-4-3-5-11-37,39-20-26-43(59-2)27-21-39)63-34-40-32-41(55)33-54(40)50(56)36-16-22-44(23-17-36)61-31-30-60-29-28-53-51(57)62-35-49-47-14-8-6-12-45(47)46-13-7-9-15-48(46)49/h3-27,40-41,49,55H,28-35H2,1-2H3,(H,53,57).